The van der Waals surface area contributed by atoms with Crippen LogP contribution >= 0.6 is 15.9 Å². The topological polar surface area (TPSA) is 55.1 Å². The number of halogens is 1. The number of rotatable bonds is 2. The lowest BCUT2D eigenvalue weighted by Gasteiger charge is -2.12. The number of amides is 1. The molecule has 0 bridgehead atoms. The SMILES string of the molecule is Cc1cc(Br)ccc1NC(=O)C1C=CC(N)C1. The number of benzene rings is 1. The average molecular weight is 295 g/mol. The highest BCUT2D eigenvalue weighted by atomic mass is 79.9. The predicted molar refractivity (Wildman–Crippen MR) is 72.7 cm³/mol. The molecule has 3 nitrogen and oxygen atoms in total. The van der Waals surface area contributed by atoms with E-state index in [1.807, 2.05) is 37.3 Å². The summed E-state index contributed by atoms with van der Waals surface area (Å²) in [6, 6.07) is 5.80. The van der Waals surface area contributed by atoms with Crippen LogP contribution in [0, 0.1) is 12.8 Å². The zero-order chi connectivity index (χ0) is 12.4. The molecule has 0 saturated carbocycles. The maximum absolute atomic E-state index is 12.0. The largest absolute Gasteiger partial charge is 0.325 e. The summed E-state index contributed by atoms with van der Waals surface area (Å²) < 4.78 is 1.01. The molecule has 0 heterocycles. The summed E-state index contributed by atoms with van der Waals surface area (Å²) in [5, 5.41) is 2.93. The van der Waals surface area contributed by atoms with E-state index in [1.165, 1.54) is 0 Å². The molecule has 0 saturated heterocycles. The molecular weight excluding hydrogens is 280 g/mol. The van der Waals surface area contributed by atoms with E-state index < -0.39 is 0 Å². The molecule has 3 N–H and O–H groups in total. The van der Waals surface area contributed by atoms with Crippen LogP contribution in [0.1, 0.15) is 12.0 Å². The first-order valence-corrected chi connectivity index (χ1v) is 6.36. The number of nitrogens with one attached hydrogen (secondary N) is 1. The van der Waals surface area contributed by atoms with Gasteiger partial charge >= 0.3 is 0 Å². The fourth-order valence-corrected chi connectivity index (χ4v) is 2.39. The first-order chi connectivity index (χ1) is 8.06. The van der Waals surface area contributed by atoms with Crippen LogP contribution in [0.25, 0.3) is 0 Å². The molecule has 0 aliphatic heterocycles. The van der Waals surface area contributed by atoms with E-state index in [4.69, 9.17) is 5.73 Å². The van der Waals surface area contributed by atoms with Crippen LogP contribution in [0.3, 0.4) is 0 Å². The van der Waals surface area contributed by atoms with Crippen LogP contribution in [-0.2, 0) is 4.79 Å². The first-order valence-electron chi connectivity index (χ1n) is 5.57. The van der Waals surface area contributed by atoms with Gasteiger partial charge in [0.05, 0.1) is 5.92 Å². The van der Waals surface area contributed by atoms with Crippen molar-refractivity contribution >= 4 is 27.5 Å². The van der Waals surface area contributed by atoms with E-state index in [2.05, 4.69) is 21.2 Å². The van der Waals surface area contributed by atoms with Gasteiger partial charge in [-0.05, 0) is 37.1 Å². The van der Waals surface area contributed by atoms with Gasteiger partial charge in [0.15, 0.2) is 0 Å². The van der Waals surface area contributed by atoms with Gasteiger partial charge in [-0.2, -0.15) is 0 Å². The minimum atomic E-state index is -0.104. The third-order valence-corrected chi connectivity index (χ3v) is 3.39. The second-order valence-electron chi connectivity index (χ2n) is 4.34. The number of nitrogens with two attached hydrogens (primary N) is 1. The van der Waals surface area contributed by atoms with Gasteiger partial charge in [0, 0.05) is 16.2 Å². The highest BCUT2D eigenvalue weighted by molar-refractivity contribution is 9.10. The summed E-state index contributed by atoms with van der Waals surface area (Å²) in [7, 11) is 0. The Hall–Kier alpha value is -1.13. The van der Waals surface area contributed by atoms with Gasteiger partial charge in [0.1, 0.15) is 0 Å². The van der Waals surface area contributed by atoms with E-state index in [0.717, 1.165) is 15.7 Å². The number of carbonyl (C=O) groups excluding carboxylic acids is 1. The summed E-state index contributed by atoms with van der Waals surface area (Å²) in [6.07, 6.45) is 4.47. The molecule has 1 aromatic carbocycles. The quantitative estimate of drug-likeness (QED) is 0.824. The number of aryl methyl sites for hydroxylation is 1. The van der Waals surface area contributed by atoms with Gasteiger partial charge in [-0.15, -0.1) is 0 Å². The van der Waals surface area contributed by atoms with Gasteiger partial charge in [0.25, 0.3) is 0 Å². The molecule has 1 aliphatic carbocycles. The number of hydrogen-bond acceptors (Lipinski definition) is 2. The lowest BCUT2D eigenvalue weighted by atomic mass is 10.1. The van der Waals surface area contributed by atoms with Gasteiger partial charge in [0.2, 0.25) is 5.91 Å². The molecule has 90 valence electrons. The average Bonchev–Trinajstić information content (AvgIpc) is 2.69. The molecule has 0 fully saturated rings. The van der Waals surface area contributed by atoms with Gasteiger partial charge in [-0.1, -0.05) is 28.1 Å². The first kappa shape index (κ1) is 12.3. The zero-order valence-corrected chi connectivity index (χ0v) is 11.2. The molecular formula is C13H15BrN2O. The molecule has 17 heavy (non-hydrogen) atoms. The third kappa shape index (κ3) is 2.96. The fourth-order valence-electron chi connectivity index (χ4n) is 1.91. The van der Waals surface area contributed by atoms with Crippen molar-refractivity contribution in [2.24, 2.45) is 11.7 Å². The smallest absolute Gasteiger partial charge is 0.231 e. The van der Waals surface area contributed by atoms with Crippen molar-refractivity contribution in [2.75, 3.05) is 5.32 Å². The van der Waals surface area contributed by atoms with Crippen molar-refractivity contribution in [1.82, 2.24) is 0 Å². The third-order valence-electron chi connectivity index (χ3n) is 2.90. The summed E-state index contributed by atoms with van der Waals surface area (Å²) >= 11 is 3.40. The Morgan fingerprint density at radius 3 is 2.82 bits per heavy atom. The van der Waals surface area contributed by atoms with E-state index >= 15 is 0 Å². The predicted octanol–water partition coefficient (Wildman–Crippen LogP) is 2.60. The van der Waals surface area contributed by atoms with Crippen LogP contribution in [0.2, 0.25) is 0 Å². The number of anilines is 1. The van der Waals surface area contributed by atoms with Crippen molar-refractivity contribution in [3.63, 3.8) is 0 Å². The van der Waals surface area contributed by atoms with Gasteiger partial charge in [-0.3, -0.25) is 4.79 Å². The maximum atomic E-state index is 12.0. The zero-order valence-electron chi connectivity index (χ0n) is 9.61. The van der Waals surface area contributed by atoms with Gasteiger partial charge in [-0.25, -0.2) is 0 Å². The Morgan fingerprint density at radius 1 is 1.47 bits per heavy atom. The van der Waals surface area contributed by atoms with Crippen LogP contribution < -0.4 is 11.1 Å². The fraction of sp³-hybridized carbons (Fsp3) is 0.308. The van der Waals surface area contributed by atoms with E-state index in [0.29, 0.717) is 6.42 Å². The normalized spacial score (nSPS) is 22.8. The Balaban J connectivity index is 2.06. The summed E-state index contributed by atoms with van der Waals surface area (Å²) in [4.78, 5) is 12.0. The van der Waals surface area contributed by atoms with Crippen molar-refractivity contribution in [1.29, 1.82) is 0 Å². The maximum Gasteiger partial charge on any atom is 0.231 e. The summed E-state index contributed by atoms with van der Waals surface area (Å²) in [5.74, 6) is -0.0901. The second-order valence-corrected chi connectivity index (χ2v) is 5.26. The minimum Gasteiger partial charge on any atom is -0.325 e. The Morgan fingerprint density at radius 2 is 2.24 bits per heavy atom. The van der Waals surface area contributed by atoms with Crippen molar-refractivity contribution in [3.05, 3.63) is 40.4 Å². The second kappa shape index (κ2) is 5.02. The monoisotopic (exact) mass is 294 g/mol. The van der Waals surface area contributed by atoms with Crippen LogP contribution in [0.15, 0.2) is 34.8 Å². The molecule has 1 aromatic rings. The number of carbonyl (C=O) groups is 1. The molecule has 2 rings (SSSR count). The highest BCUT2D eigenvalue weighted by Gasteiger charge is 2.22. The van der Waals surface area contributed by atoms with Crippen molar-refractivity contribution in [3.8, 4) is 0 Å². The van der Waals surface area contributed by atoms with Gasteiger partial charge < -0.3 is 11.1 Å². The Kier molecular flexibility index (Phi) is 3.64. The number of hydrogen-bond donors (Lipinski definition) is 2. The van der Waals surface area contributed by atoms with E-state index in [-0.39, 0.29) is 17.9 Å². The van der Waals surface area contributed by atoms with Crippen LogP contribution in [-0.4, -0.2) is 11.9 Å². The molecule has 1 aliphatic rings. The minimum absolute atomic E-state index is 0.0109. The summed E-state index contributed by atoms with van der Waals surface area (Å²) in [5.41, 5.74) is 7.63. The highest BCUT2D eigenvalue weighted by Crippen LogP contribution is 2.23. The molecule has 0 aromatic heterocycles. The lowest BCUT2D eigenvalue weighted by molar-refractivity contribution is -0.118. The summed E-state index contributed by atoms with van der Waals surface area (Å²) in [6.45, 7) is 1.97. The lowest BCUT2D eigenvalue weighted by Crippen LogP contribution is -2.24. The van der Waals surface area contributed by atoms with Crippen molar-refractivity contribution < 1.29 is 4.79 Å². The molecule has 2 atom stereocenters. The molecule has 1 amide bonds. The van der Waals surface area contributed by atoms with Crippen LogP contribution in [0.5, 0.6) is 0 Å². The van der Waals surface area contributed by atoms with Crippen molar-refractivity contribution in [2.45, 2.75) is 19.4 Å². The Bertz CT molecular complexity index is 470. The van der Waals surface area contributed by atoms with E-state index in [9.17, 15) is 4.79 Å². The standard InChI is InChI=1S/C13H15BrN2O/c1-8-6-10(14)3-5-12(8)16-13(17)9-2-4-11(15)7-9/h2-6,9,11H,7,15H2,1H3,(H,16,17). The molecule has 4 heteroatoms. The van der Waals surface area contributed by atoms with E-state index in [1.54, 1.807) is 0 Å². The van der Waals surface area contributed by atoms with Crippen LogP contribution in [0.4, 0.5) is 5.69 Å². The molecule has 2 unspecified atom stereocenters. The molecule has 0 spiro atoms. The Labute approximate surface area is 109 Å². The molecule has 0 radical (unpaired) electrons.